The minimum absolute atomic E-state index is 0.159. The molecule has 0 bridgehead atoms. The Balaban J connectivity index is 2.90. The van der Waals surface area contributed by atoms with E-state index in [4.69, 9.17) is 14.2 Å². The van der Waals surface area contributed by atoms with E-state index in [1.165, 1.54) is 13.2 Å². The summed E-state index contributed by atoms with van der Waals surface area (Å²) in [5, 5.41) is 0. The van der Waals surface area contributed by atoms with Gasteiger partial charge < -0.3 is 19.0 Å². The molecule has 1 aliphatic rings. The van der Waals surface area contributed by atoms with Crippen molar-refractivity contribution < 1.29 is 23.8 Å². The summed E-state index contributed by atoms with van der Waals surface area (Å²) in [7, 11) is 1.52. The molecule has 1 fully saturated rings. The van der Waals surface area contributed by atoms with E-state index >= 15 is 0 Å². The minimum Gasteiger partial charge on any atom is -0.461 e. The Hall–Kier alpha value is -1.20. The van der Waals surface area contributed by atoms with Crippen molar-refractivity contribution in [3.05, 3.63) is 12.7 Å². The normalized spacial score (nSPS) is 27.7. The summed E-state index contributed by atoms with van der Waals surface area (Å²) in [5.74, 6) is -2.00. The molecular weight excluding hydrogens is 272 g/mol. The van der Waals surface area contributed by atoms with Crippen LogP contribution in [0.25, 0.3) is 0 Å². The van der Waals surface area contributed by atoms with Gasteiger partial charge in [-0.15, -0.1) is 0 Å². The molecule has 120 valence electrons. The van der Waals surface area contributed by atoms with Crippen molar-refractivity contribution in [1.29, 1.82) is 0 Å². The lowest BCUT2D eigenvalue weighted by atomic mass is 9.81. The van der Waals surface area contributed by atoms with Crippen molar-refractivity contribution in [1.82, 2.24) is 0 Å². The molecule has 1 saturated heterocycles. The second-order valence-electron chi connectivity index (χ2n) is 6.09. The monoisotopic (exact) mass is 298 g/mol. The first kappa shape index (κ1) is 17.9. The Morgan fingerprint density at radius 3 is 2.76 bits per heavy atom. The number of hydrogen-bond acceptors (Lipinski definition) is 5. The third-order valence-electron chi connectivity index (χ3n) is 4.17. The Labute approximate surface area is 126 Å². The van der Waals surface area contributed by atoms with Gasteiger partial charge in [-0.25, -0.2) is 0 Å². The van der Waals surface area contributed by atoms with Gasteiger partial charge in [-0.3, -0.25) is 4.79 Å². The Kier molecular flexibility index (Phi) is 6.10. The van der Waals surface area contributed by atoms with E-state index in [9.17, 15) is 9.59 Å². The molecule has 0 aliphatic carbocycles. The molecule has 0 radical (unpaired) electrons. The average Bonchev–Trinajstić information content (AvgIpc) is 2.51. The smallest absolute Gasteiger partial charge is 0.314 e. The second kappa shape index (κ2) is 7.18. The highest BCUT2D eigenvalue weighted by Gasteiger charge is 2.49. The molecule has 0 aromatic heterocycles. The summed E-state index contributed by atoms with van der Waals surface area (Å²) in [6, 6.07) is 0. The van der Waals surface area contributed by atoms with Crippen LogP contribution in [0.3, 0.4) is 0 Å². The number of carbonyl (C=O) groups is 2. The Bertz CT molecular complexity index is 390. The SMILES string of the molecule is C=CCOC(=O)C(C)[C@]1(OC)CCC[C@H](C(C)(C)C=O)O1. The van der Waals surface area contributed by atoms with Crippen LogP contribution in [-0.4, -0.2) is 37.9 Å². The van der Waals surface area contributed by atoms with Gasteiger partial charge >= 0.3 is 5.97 Å². The first-order valence-electron chi connectivity index (χ1n) is 7.30. The molecule has 0 aromatic rings. The maximum atomic E-state index is 12.1. The van der Waals surface area contributed by atoms with Gasteiger partial charge in [0.2, 0.25) is 0 Å². The molecule has 1 heterocycles. The van der Waals surface area contributed by atoms with Crippen molar-refractivity contribution in [2.75, 3.05) is 13.7 Å². The molecule has 1 rings (SSSR count). The summed E-state index contributed by atoms with van der Waals surface area (Å²) < 4.78 is 16.7. The molecule has 0 N–H and O–H groups in total. The summed E-state index contributed by atoms with van der Waals surface area (Å²) in [6.45, 7) is 9.07. The maximum Gasteiger partial charge on any atom is 0.314 e. The van der Waals surface area contributed by atoms with Crippen molar-refractivity contribution >= 4 is 12.3 Å². The van der Waals surface area contributed by atoms with Crippen LogP contribution in [0.2, 0.25) is 0 Å². The zero-order valence-electron chi connectivity index (χ0n) is 13.4. The first-order valence-corrected chi connectivity index (χ1v) is 7.30. The van der Waals surface area contributed by atoms with E-state index in [1.54, 1.807) is 6.92 Å². The van der Waals surface area contributed by atoms with E-state index in [-0.39, 0.29) is 18.7 Å². The molecule has 1 aliphatic heterocycles. The molecular formula is C16H26O5. The molecule has 1 unspecified atom stereocenters. The van der Waals surface area contributed by atoms with Gasteiger partial charge in [-0.05, 0) is 19.8 Å². The molecule has 3 atom stereocenters. The van der Waals surface area contributed by atoms with E-state index < -0.39 is 17.1 Å². The zero-order valence-corrected chi connectivity index (χ0v) is 13.4. The number of rotatable bonds is 7. The molecule has 0 aromatic carbocycles. The zero-order chi connectivity index (χ0) is 16.1. The third-order valence-corrected chi connectivity index (χ3v) is 4.17. The number of aldehydes is 1. The third kappa shape index (κ3) is 3.92. The summed E-state index contributed by atoms with van der Waals surface area (Å²) >= 11 is 0. The molecule has 5 heteroatoms. The lowest BCUT2D eigenvalue weighted by Crippen LogP contribution is -2.53. The number of ether oxygens (including phenoxy) is 3. The van der Waals surface area contributed by atoms with Gasteiger partial charge in [-0.2, -0.15) is 0 Å². The van der Waals surface area contributed by atoms with E-state index in [1.807, 2.05) is 13.8 Å². The highest BCUT2D eigenvalue weighted by Crippen LogP contribution is 2.41. The number of esters is 1. The van der Waals surface area contributed by atoms with Crippen LogP contribution in [0, 0.1) is 11.3 Å². The molecule has 5 nitrogen and oxygen atoms in total. The number of methoxy groups -OCH3 is 1. The fourth-order valence-electron chi connectivity index (χ4n) is 2.58. The van der Waals surface area contributed by atoms with Gasteiger partial charge in [0, 0.05) is 18.9 Å². The van der Waals surface area contributed by atoms with Crippen LogP contribution in [0.1, 0.15) is 40.0 Å². The van der Waals surface area contributed by atoms with Crippen LogP contribution < -0.4 is 0 Å². The predicted molar refractivity (Wildman–Crippen MR) is 78.6 cm³/mol. The van der Waals surface area contributed by atoms with Crippen molar-refractivity contribution in [3.8, 4) is 0 Å². The lowest BCUT2D eigenvalue weighted by molar-refractivity contribution is -0.302. The van der Waals surface area contributed by atoms with Crippen LogP contribution in [-0.2, 0) is 23.8 Å². The Morgan fingerprint density at radius 2 is 2.24 bits per heavy atom. The standard InChI is InChI=1S/C16H26O5/c1-6-10-20-14(18)12(2)16(19-5)9-7-8-13(21-16)15(3,4)11-17/h6,11-13H,1,7-10H2,2-5H3/t12?,13-,16+/m1/s1. The van der Waals surface area contributed by atoms with Crippen LogP contribution in [0.4, 0.5) is 0 Å². The first-order chi connectivity index (χ1) is 9.83. The fraction of sp³-hybridized carbons (Fsp3) is 0.750. The van der Waals surface area contributed by atoms with Gasteiger partial charge in [-0.1, -0.05) is 26.5 Å². The van der Waals surface area contributed by atoms with Crippen LogP contribution >= 0.6 is 0 Å². The second-order valence-corrected chi connectivity index (χ2v) is 6.09. The minimum atomic E-state index is -1.04. The summed E-state index contributed by atoms with van der Waals surface area (Å²) in [5.41, 5.74) is -0.616. The van der Waals surface area contributed by atoms with Gasteiger partial charge in [0.15, 0.2) is 5.79 Å². The van der Waals surface area contributed by atoms with Gasteiger partial charge in [0.05, 0.1) is 6.10 Å². The summed E-state index contributed by atoms with van der Waals surface area (Å²) in [6.07, 6.45) is 4.33. The highest BCUT2D eigenvalue weighted by atomic mass is 16.7. The lowest BCUT2D eigenvalue weighted by Gasteiger charge is -2.46. The quantitative estimate of drug-likeness (QED) is 0.410. The molecule has 0 amide bonds. The highest BCUT2D eigenvalue weighted by molar-refractivity contribution is 5.73. The average molecular weight is 298 g/mol. The van der Waals surface area contributed by atoms with Crippen molar-refractivity contribution in [3.63, 3.8) is 0 Å². The van der Waals surface area contributed by atoms with Crippen molar-refractivity contribution in [2.24, 2.45) is 11.3 Å². The van der Waals surface area contributed by atoms with Crippen molar-refractivity contribution in [2.45, 2.75) is 51.9 Å². The van der Waals surface area contributed by atoms with E-state index in [2.05, 4.69) is 6.58 Å². The topological polar surface area (TPSA) is 61.8 Å². The predicted octanol–water partition coefficient (Wildman–Crippen LogP) is 2.49. The maximum absolute atomic E-state index is 12.1. The number of hydrogen-bond donors (Lipinski definition) is 0. The fourth-order valence-corrected chi connectivity index (χ4v) is 2.58. The largest absolute Gasteiger partial charge is 0.461 e. The van der Waals surface area contributed by atoms with Gasteiger partial charge in [0.25, 0.3) is 0 Å². The molecule has 0 saturated carbocycles. The van der Waals surface area contributed by atoms with Crippen LogP contribution in [0.5, 0.6) is 0 Å². The van der Waals surface area contributed by atoms with E-state index in [0.29, 0.717) is 6.42 Å². The molecule has 0 spiro atoms. The van der Waals surface area contributed by atoms with E-state index in [0.717, 1.165) is 19.1 Å². The molecule has 21 heavy (non-hydrogen) atoms. The van der Waals surface area contributed by atoms with Crippen LogP contribution in [0.15, 0.2) is 12.7 Å². The summed E-state index contributed by atoms with van der Waals surface area (Å²) in [4.78, 5) is 23.3. The van der Waals surface area contributed by atoms with Gasteiger partial charge in [0.1, 0.15) is 18.8 Å². The Morgan fingerprint density at radius 1 is 1.57 bits per heavy atom. The number of carbonyl (C=O) groups excluding carboxylic acids is 2.